The van der Waals surface area contributed by atoms with Crippen LogP contribution in [0.1, 0.15) is 81.4 Å². The first-order chi connectivity index (χ1) is 25.5. The maximum Gasteiger partial charge on any atom is 0.124 e. The van der Waals surface area contributed by atoms with Gasteiger partial charge in [0.25, 0.3) is 0 Å². The molecule has 0 bridgehead atoms. The number of ether oxygens (including phenoxy) is 1. The summed E-state index contributed by atoms with van der Waals surface area (Å²) in [6.45, 7) is 12.5. The third kappa shape index (κ3) is 7.77. The Morgan fingerprint density at radius 2 is 1.62 bits per heavy atom. The molecule has 1 aliphatic heterocycles. The molecule has 0 saturated carbocycles. The SMILES string of the molecule is C=CCC/C=C(\C)c1ccc(N(C2=CC=C(C3=CCCC=C3)CC2)c2ccc(C(/C=C3\C(=C)OC4C=CC(c5ccccc5)CC34)=C/C)cc2)cc1. The molecule has 3 atom stereocenters. The predicted molar refractivity (Wildman–Crippen MR) is 222 cm³/mol. The zero-order valence-corrected chi connectivity index (χ0v) is 30.8. The highest BCUT2D eigenvalue weighted by molar-refractivity contribution is 5.79. The summed E-state index contributed by atoms with van der Waals surface area (Å²) in [5.41, 5.74) is 14.0. The monoisotopic (exact) mass is 681 g/mol. The summed E-state index contributed by atoms with van der Waals surface area (Å²) >= 11 is 0. The van der Waals surface area contributed by atoms with E-state index < -0.39 is 0 Å². The van der Waals surface area contributed by atoms with E-state index in [1.807, 2.05) is 6.08 Å². The summed E-state index contributed by atoms with van der Waals surface area (Å²) in [5.74, 6) is 1.45. The Hall–Kier alpha value is -5.34. The Balaban J connectivity index is 1.17. The van der Waals surface area contributed by atoms with Gasteiger partial charge in [-0.3, -0.25) is 0 Å². The number of allylic oxidation sites excluding steroid dienone is 16. The van der Waals surface area contributed by atoms with Crippen LogP contribution in [0.5, 0.6) is 0 Å². The number of hydrogen-bond acceptors (Lipinski definition) is 2. The number of fused-ring (bicyclic) bond motifs is 1. The van der Waals surface area contributed by atoms with Crippen LogP contribution in [-0.2, 0) is 4.74 Å². The van der Waals surface area contributed by atoms with Crippen molar-refractivity contribution in [2.24, 2.45) is 5.92 Å². The van der Waals surface area contributed by atoms with Crippen LogP contribution < -0.4 is 4.90 Å². The Labute approximate surface area is 311 Å². The van der Waals surface area contributed by atoms with Crippen LogP contribution in [0.15, 0.2) is 187 Å². The number of nitrogens with zero attached hydrogens (tertiary/aromatic N) is 1. The smallest absolute Gasteiger partial charge is 0.124 e. The van der Waals surface area contributed by atoms with E-state index in [4.69, 9.17) is 4.74 Å². The van der Waals surface area contributed by atoms with Crippen LogP contribution in [0.25, 0.3) is 11.1 Å². The maximum absolute atomic E-state index is 6.29. The molecule has 1 heterocycles. The van der Waals surface area contributed by atoms with E-state index in [1.165, 1.54) is 55.9 Å². The quantitative estimate of drug-likeness (QED) is 0.148. The molecule has 4 aliphatic rings. The number of anilines is 2. The Bertz CT molecular complexity index is 2020. The van der Waals surface area contributed by atoms with E-state index in [0.29, 0.717) is 5.92 Å². The van der Waals surface area contributed by atoms with Gasteiger partial charge in [-0.05, 0) is 140 Å². The normalized spacial score (nSPS) is 22.3. The average molecular weight is 682 g/mol. The lowest BCUT2D eigenvalue weighted by molar-refractivity contribution is 0.163. The first-order valence-electron chi connectivity index (χ1n) is 19.0. The summed E-state index contributed by atoms with van der Waals surface area (Å²) in [6.07, 6.45) is 32.4. The number of hydrogen-bond donors (Lipinski definition) is 0. The van der Waals surface area contributed by atoms with Gasteiger partial charge in [0.1, 0.15) is 11.9 Å². The molecule has 3 aromatic carbocycles. The highest BCUT2D eigenvalue weighted by Gasteiger charge is 2.38. The van der Waals surface area contributed by atoms with Gasteiger partial charge in [0.2, 0.25) is 0 Å². The summed E-state index contributed by atoms with van der Waals surface area (Å²) in [6, 6.07) is 28.9. The molecule has 7 rings (SSSR count). The summed E-state index contributed by atoms with van der Waals surface area (Å²) in [4.78, 5) is 2.44. The minimum absolute atomic E-state index is 0.0503. The highest BCUT2D eigenvalue weighted by atomic mass is 16.5. The molecule has 2 heteroatoms. The number of benzene rings is 3. The van der Waals surface area contributed by atoms with E-state index in [-0.39, 0.29) is 12.0 Å². The van der Waals surface area contributed by atoms with Gasteiger partial charge in [-0.2, -0.15) is 0 Å². The van der Waals surface area contributed by atoms with Crippen LogP contribution in [-0.4, -0.2) is 6.10 Å². The largest absolute Gasteiger partial charge is 0.486 e. The van der Waals surface area contributed by atoms with Gasteiger partial charge in [0, 0.05) is 34.5 Å². The molecule has 52 heavy (non-hydrogen) atoms. The molecular weight excluding hydrogens is 631 g/mol. The summed E-state index contributed by atoms with van der Waals surface area (Å²) in [5, 5.41) is 0. The third-order valence-electron chi connectivity index (χ3n) is 10.9. The van der Waals surface area contributed by atoms with Crippen LogP contribution in [0.3, 0.4) is 0 Å². The Morgan fingerprint density at radius 3 is 2.27 bits per heavy atom. The second-order valence-electron chi connectivity index (χ2n) is 14.3. The van der Waals surface area contributed by atoms with E-state index in [2.05, 4.69) is 172 Å². The number of rotatable bonds is 11. The molecule has 1 saturated heterocycles. The van der Waals surface area contributed by atoms with Gasteiger partial charge in [-0.15, -0.1) is 6.58 Å². The lowest BCUT2D eigenvalue weighted by atomic mass is 9.78. The Morgan fingerprint density at radius 1 is 0.865 bits per heavy atom. The van der Waals surface area contributed by atoms with Crippen LogP contribution in [0.4, 0.5) is 11.4 Å². The molecule has 0 radical (unpaired) electrons. The van der Waals surface area contributed by atoms with Crippen LogP contribution >= 0.6 is 0 Å². The van der Waals surface area contributed by atoms with E-state index in [0.717, 1.165) is 56.4 Å². The summed E-state index contributed by atoms with van der Waals surface area (Å²) in [7, 11) is 0. The van der Waals surface area contributed by atoms with E-state index in [9.17, 15) is 0 Å². The second kappa shape index (κ2) is 16.3. The maximum atomic E-state index is 6.29. The molecule has 262 valence electrons. The third-order valence-corrected chi connectivity index (χ3v) is 10.9. The van der Waals surface area contributed by atoms with Gasteiger partial charge in [-0.1, -0.05) is 110 Å². The van der Waals surface area contributed by atoms with Crippen molar-refractivity contribution in [2.45, 2.75) is 70.8 Å². The van der Waals surface area contributed by atoms with Crippen molar-refractivity contribution < 1.29 is 4.74 Å². The molecule has 2 nitrogen and oxygen atoms in total. The van der Waals surface area contributed by atoms with Crippen molar-refractivity contribution in [1.82, 2.24) is 0 Å². The average Bonchev–Trinajstić information content (AvgIpc) is 3.52. The predicted octanol–water partition coefficient (Wildman–Crippen LogP) is 13.7. The second-order valence-corrected chi connectivity index (χ2v) is 14.3. The van der Waals surface area contributed by atoms with Gasteiger partial charge in [-0.25, -0.2) is 0 Å². The zero-order valence-electron chi connectivity index (χ0n) is 30.8. The van der Waals surface area contributed by atoms with Crippen molar-refractivity contribution in [3.8, 4) is 0 Å². The molecule has 1 fully saturated rings. The fourth-order valence-corrected chi connectivity index (χ4v) is 7.96. The molecule has 0 spiro atoms. The number of unbranched alkanes of at least 4 members (excludes halogenated alkanes) is 1. The molecule has 0 N–H and O–H groups in total. The lowest BCUT2D eigenvalue weighted by Gasteiger charge is -2.30. The van der Waals surface area contributed by atoms with Crippen LogP contribution in [0.2, 0.25) is 0 Å². The van der Waals surface area contributed by atoms with Crippen molar-refractivity contribution in [1.29, 1.82) is 0 Å². The fraction of sp³-hybridized carbons (Fsp3) is 0.240. The van der Waals surface area contributed by atoms with Crippen molar-refractivity contribution >= 4 is 22.5 Å². The fourth-order valence-electron chi connectivity index (χ4n) is 7.96. The molecule has 0 aromatic heterocycles. The topological polar surface area (TPSA) is 12.5 Å². The molecule has 3 aliphatic carbocycles. The first-order valence-corrected chi connectivity index (χ1v) is 19.0. The lowest BCUT2D eigenvalue weighted by Crippen LogP contribution is -2.21. The molecule has 3 unspecified atom stereocenters. The zero-order chi connectivity index (χ0) is 35.9. The van der Waals surface area contributed by atoms with Gasteiger partial charge in [0.05, 0.1) is 0 Å². The van der Waals surface area contributed by atoms with Gasteiger partial charge < -0.3 is 9.64 Å². The standard InChI is InChI=1S/C50H51NO/c1-5-7-10-15-36(3)39-20-27-45(28-21-39)51(47-31-24-43(25-32-47)40-16-11-8-12-17-40)46-29-22-42(23-30-46)38(6-2)34-48-37(4)52-50-33-26-44(35-49(48)50)41-18-13-9-14-19-41/h5-6,9,11,13-24,26-31,33-34,44,49-50H,1,4,7-8,10,12,25,32,35H2,2-3H3/b36-15+,38-6+,48-34+. The van der Waals surface area contributed by atoms with E-state index in [1.54, 1.807) is 0 Å². The highest BCUT2D eigenvalue weighted by Crippen LogP contribution is 2.45. The van der Waals surface area contributed by atoms with E-state index >= 15 is 0 Å². The van der Waals surface area contributed by atoms with Crippen molar-refractivity contribution in [3.63, 3.8) is 0 Å². The molecule has 0 amide bonds. The van der Waals surface area contributed by atoms with Crippen molar-refractivity contribution in [3.05, 3.63) is 204 Å². The minimum atomic E-state index is 0.0503. The Kier molecular flexibility index (Phi) is 11.0. The van der Waals surface area contributed by atoms with Gasteiger partial charge in [0.15, 0.2) is 0 Å². The van der Waals surface area contributed by atoms with Gasteiger partial charge >= 0.3 is 0 Å². The summed E-state index contributed by atoms with van der Waals surface area (Å²) < 4.78 is 6.29. The van der Waals surface area contributed by atoms with Crippen LogP contribution in [0, 0.1) is 5.92 Å². The first kappa shape index (κ1) is 35.1. The molecular formula is C50H51NO. The minimum Gasteiger partial charge on any atom is -0.486 e. The molecule has 3 aromatic rings. The van der Waals surface area contributed by atoms with Crippen molar-refractivity contribution in [2.75, 3.05) is 4.90 Å².